The molecule has 0 aliphatic rings. The number of urea groups is 2. The molecular formula is C30H39Br2N11O8S3. The van der Waals surface area contributed by atoms with E-state index in [0.717, 1.165) is 33.8 Å². The number of amides is 4. The van der Waals surface area contributed by atoms with E-state index in [1.807, 2.05) is 0 Å². The van der Waals surface area contributed by atoms with Crippen LogP contribution >= 0.6 is 68.7 Å². The highest BCUT2D eigenvalue weighted by atomic mass is 79.9. The van der Waals surface area contributed by atoms with Crippen molar-refractivity contribution in [3.63, 3.8) is 0 Å². The molecule has 54 heavy (non-hydrogen) atoms. The van der Waals surface area contributed by atoms with Crippen LogP contribution in [0.1, 0.15) is 30.5 Å². The Hall–Kier alpha value is -4.91. The molecule has 294 valence electrons. The van der Waals surface area contributed by atoms with Crippen LogP contribution in [-0.2, 0) is 16.8 Å². The van der Waals surface area contributed by atoms with Crippen LogP contribution in [-0.4, -0.2) is 55.4 Å². The fourth-order valence-corrected chi connectivity index (χ4v) is 4.83. The van der Waals surface area contributed by atoms with Crippen molar-refractivity contribution in [2.45, 2.75) is 30.7 Å². The second-order valence-electron chi connectivity index (χ2n) is 9.49. The van der Waals surface area contributed by atoms with Crippen LogP contribution in [0.15, 0.2) is 77.8 Å². The number of carbonyl (C=O) groups is 2. The Bertz CT molecular complexity index is 1700. The average Bonchev–Trinajstić information content (AvgIpc) is 3.10. The normalized spacial score (nSPS) is 9.72. The van der Waals surface area contributed by atoms with Crippen LogP contribution in [0.2, 0.25) is 0 Å². The molecule has 0 spiro atoms. The molecule has 0 fully saturated rings. The largest absolute Gasteiger partial charge is 0.379 e. The number of aliphatic imine (C=N–C) groups is 1. The molecule has 0 aliphatic heterocycles. The molecule has 3 rings (SSSR count). The van der Waals surface area contributed by atoms with Gasteiger partial charge in [0.2, 0.25) is 0 Å². The highest BCUT2D eigenvalue weighted by Crippen LogP contribution is 2.18. The zero-order valence-corrected chi connectivity index (χ0v) is 34.5. The van der Waals surface area contributed by atoms with Crippen molar-refractivity contribution in [3.8, 4) is 0 Å². The minimum absolute atomic E-state index is 0. The number of rotatable bonds is 10. The minimum atomic E-state index is -0.555. The molecule has 0 atom stereocenters. The Balaban J connectivity index is 0. The highest BCUT2D eigenvalue weighted by Gasteiger charge is 2.10. The van der Waals surface area contributed by atoms with Gasteiger partial charge < -0.3 is 27.8 Å². The summed E-state index contributed by atoms with van der Waals surface area (Å²) in [5.74, 6) is 0.954. The minimum Gasteiger partial charge on any atom is -0.379 e. The zero-order valence-electron chi connectivity index (χ0n) is 28.8. The van der Waals surface area contributed by atoms with Crippen LogP contribution < -0.4 is 33.2 Å². The predicted molar refractivity (Wildman–Crippen MR) is 226 cm³/mol. The van der Waals surface area contributed by atoms with Crippen LogP contribution in [0.5, 0.6) is 0 Å². The molecule has 19 nitrogen and oxygen atoms in total. The van der Waals surface area contributed by atoms with E-state index in [1.165, 1.54) is 48.2 Å². The van der Waals surface area contributed by atoms with Crippen LogP contribution in [0, 0.1) is 35.8 Å². The Morgan fingerprint density at radius 1 is 0.741 bits per heavy atom. The van der Waals surface area contributed by atoms with E-state index in [1.54, 1.807) is 50.2 Å². The Morgan fingerprint density at radius 2 is 1.09 bits per heavy atom. The average molecular weight is 938 g/mol. The van der Waals surface area contributed by atoms with E-state index in [9.17, 15) is 39.9 Å². The standard InChI is InChI=1S/C14H19N5O4S.C8H9N3O2S.C7H6BrNO2.CH4N2S.BrH/c1-3-15-12(20)17-14(18-13(21)16-4-2)24-9-10-5-7-11(8-6-10)19(22)23;9-8(10)14-5-6-1-3-7(4-2-6)11(12)13;8-5-6-1-3-7(4-2-6)9(10)11;2-1(3)4;/h5-8H,3-4,9H2,1-2H3,(H3,15,16,17,18,20,21);1-4H,5H2,(H3,9,10);1-4H,5H2;(H4,2,3,4);1H. The fraction of sp³-hybridized carbons (Fsp3) is 0.233. The summed E-state index contributed by atoms with van der Waals surface area (Å²) in [6, 6.07) is 17.7. The van der Waals surface area contributed by atoms with E-state index < -0.39 is 26.8 Å². The number of carbonyl (C=O) groups excluding carboxylic acids is 2. The number of non-ortho nitro benzene ring substituents is 3. The first-order valence-electron chi connectivity index (χ1n) is 14.8. The van der Waals surface area contributed by atoms with Crippen molar-refractivity contribution in [2.24, 2.45) is 22.2 Å². The first kappa shape index (κ1) is 51.2. The smallest absolute Gasteiger partial charge is 0.343 e. The molecule has 0 heterocycles. The number of amidine groups is 2. The Labute approximate surface area is 342 Å². The summed E-state index contributed by atoms with van der Waals surface area (Å²) < 4.78 is 0. The molecule has 0 radical (unpaired) electrons. The number of nitrogens with two attached hydrogens (primary N) is 3. The lowest BCUT2D eigenvalue weighted by Gasteiger charge is -2.09. The van der Waals surface area contributed by atoms with Crippen LogP contribution in [0.4, 0.5) is 26.7 Å². The van der Waals surface area contributed by atoms with Crippen molar-refractivity contribution in [3.05, 3.63) is 120 Å². The predicted octanol–water partition coefficient (Wildman–Crippen LogP) is 6.21. The maximum Gasteiger partial charge on any atom is 0.343 e. The number of halogens is 2. The van der Waals surface area contributed by atoms with Crippen LogP contribution in [0.3, 0.4) is 0 Å². The fourth-order valence-electron chi connectivity index (χ4n) is 3.13. The van der Waals surface area contributed by atoms with Gasteiger partial charge in [-0.1, -0.05) is 75.9 Å². The molecule has 10 N–H and O–H groups in total. The van der Waals surface area contributed by atoms with Crippen molar-refractivity contribution in [2.75, 3.05) is 13.1 Å². The molecule has 0 saturated carbocycles. The Kier molecular flexibility index (Phi) is 28.0. The van der Waals surface area contributed by atoms with Crippen molar-refractivity contribution in [1.82, 2.24) is 16.0 Å². The van der Waals surface area contributed by atoms with Gasteiger partial charge in [-0.25, -0.2) is 9.59 Å². The van der Waals surface area contributed by atoms with Crippen molar-refractivity contribution >= 4 is 113 Å². The summed E-state index contributed by atoms with van der Waals surface area (Å²) in [4.78, 5) is 56.8. The number of nitro benzene ring substituents is 3. The van der Waals surface area contributed by atoms with E-state index >= 15 is 0 Å². The third-order valence-corrected chi connectivity index (χ3v) is 7.84. The first-order valence-corrected chi connectivity index (χ1v) is 18.3. The number of thioether (sulfide) groups is 2. The number of nitrogens with one attached hydrogen (secondary N) is 4. The second kappa shape index (κ2) is 29.5. The third-order valence-electron chi connectivity index (χ3n) is 5.45. The van der Waals surface area contributed by atoms with Gasteiger partial charge in [0.25, 0.3) is 17.1 Å². The summed E-state index contributed by atoms with van der Waals surface area (Å²) in [6.07, 6.45) is 0. The van der Waals surface area contributed by atoms with E-state index in [-0.39, 0.29) is 49.5 Å². The molecule has 0 aromatic heterocycles. The summed E-state index contributed by atoms with van der Waals surface area (Å²) in [5, 5.41) is 46.6. The molecular weight excluding hydrogens is 898 g/mol. The summed E-state index contributed by atoms with van der Waals surface area (Å²) in [6.45, 7) is 4.38. The number of hydrogen-bond acceptors (Lipinski definition) is 12. The van der Waals surface area contributed by atoms with E-state index in [4.69, 9.17) is 11.1 Å². The SMILES string of the molecule is Br.CCNC(=O)N=C(NC(=O)NCC)SCc1ccc([N+](=O)[O-])cc1.N=C(N)SCc1ccc([N+](=O)[O-])cc1.NC(N)=S.O=[N+]([O-])c1ccc(CBr)cc1. The summed E-state index contributed by atoms with van der Waals surface area (Å²) in [5.41, 5.74) is 17.4. The number of hydrogen-bond donors (Lipinski definition) is 7. The molecule has 3 aromatic rings. The van der Waals surface area contributed by atoms with Gasteiger partial charge in [0.15, 0.2) is 15.4 Å². The maximum atomic E-state index is 11.6. The number of alkyl halides is 1. The lowest BCUT2D eigenvalue weighted by molar-refractivity contribution is -0.385. The molecule has 0 unspecified atom stereocenters. The van der Waals surface area contributed by atoms with Gasteiger partial charge in [-0.3, -0.25) is 41.1 Å². The van der Waals surface area contributed by atoms with Gasteiger partial charge >= 0.3 is 12.1 Å². The van der Waals surface area contributed by atoms with E-state index in [0.29, 0.717) is 24.6 Å². The third kappa shape index (κ3) is 25.1. The molecule has 0 saturated heterocycles. The Morgan fingerprint density at radius 3 is 1.41 bits per heavy atom. The van der Waals surface area contributed by atoms with Crippen molar-refractivity contribution < 1.29 is 24.4 Å². The van der Waals surface area contributed by atoms with Crippen LogP contribution in [0.25, 0.3) is 0 Å². The quantitative estimate of drug-likeness (QED) is 0.0297. The van der Waals surface area contributed by atoms with Gasteiger partial charge in [-0.05, 0) is 42.8 Å². The highest BCUT2D eigenvalue weighted by molar-refractivity contribution is 9.08. The van der Waals surface area contributed by atoms with E-state index in [2.05, 4.69) is 60.6 Å². The summed E-state index contributed by atoms with van der Waals surface area (Å²) >= 11 is 9.68. The summed E-state index contributed by atoms with van der Waals surface area (Å²) in [7, 11) is 0. The molecule has 0 bridgehead atoms. The van der Waals surface area contributed by atoms with Gasteiger partial charge in [0.1, 0.15) is 0 Å². The molecule has 0 aliphatic carbocycles. The maximum absolute atomic E-state index is 11.6. The number of benzene rings is 3. The number of thiocarbonyl (C=S) groups is 1. The first-order chi connectivity index (χ1) is 25.0. The zero-order chi connectivity index (χ0) is 40.3. The molecule has 4 amide bonds. The van der Waals surface area contributed by atoms with Gasteiger partial charge in [-0.2, -0.15) is 4.99 Å². The van der Waals surface area contributed by atoms with Gasteiger partial charge in [-0.15, -0.1) is 17.0 Å². The lowest BCUT2D eigenvalue weighted by atomic mass is 10.2. The monoisotopic (exact) mass is 935 g/mol. The topological polar surface area (TPSA) is 314 Å². The number of nitro groups is 3. The second-order valence-corrected chi connectivity index (χ2v) is 12.5. The van der Waals surface area contributed by atoms with Gasteiger partial charge in [0, 0.05) is 66.3 Å². The molecule has 24 heteroatoms. The molecule has 3 aromatic carbocycles. The van der Waals surface area contributed by atoms with Crippen molar-refractivity contribution in [1.29, 1.82) is 5.41 Å². The van der Waals surface area contributed by atoms with Gasteiger partial charge in [0.05, 0.1) is 14.8 Å². The lowest BCUT2D eigenvalue weighted by Crippen LogP contribution is -2.39. The number of nitrogens with zero attached hydrogens (tertiary/aromatic N) is 4.